The minimum absolute atomic E-state index is 0. The number of hydrogen-bond donors (Lipinski definition) is 1. The summed E-state index contributed by atoms with van der Waals surface area (Å²) in [5, 5.41) is 5.36. The molecule has 0 aliphatic rings. The summed E-state index contributed by atoms with van der Waals surface area (Å²) < 4.78 is 10.7. The van der Waals surface area contributed by atoms with Gasteiger partial charge in [-0.3, -0.25) is 0 Å². The van der Waals surface area contributed by atoms with Crippen LogP contribution in [0.25, 0.3) is 10.8 Å². The van der Waals surface area contributed by atoms with E-state index in [-0.39, 0.29) is 12.4 Å². The molecule has 3 aromatic rings. The van der Waals surface area contributed by atoms with Crippen LogP contribution in [0.15, 0.2) is 54.7 Å². The van der Waals surface area contributed by atoms with Crippen LogP contribution in [0.1, 0.15) is 0 Å². The number of nitrogens with one attached hydrogen (secondary N) is 1. The maximum absolute atomic E-state index is 5.37. The summed E-state index contributed by atoms with van der Waals surface area (Å²) in [6, 6.07) is 15.8. The molecule has 1 N–H and O–H groups in total. The molecule has 4 nitrogen and oxygen atoms in total. The van der Waals surface area contributed by atoms with Crippen molar-refractivity contribution in [3.8, 4) is 11.5 Å². The number of benzene rings is 2. The van der Waals surface area contributed by atoms with Crippen LogP contribution in [0.5, 0.6) is 11.5 Å². The summed E-state index contributed by atoms with van der Waals surface area (Å²) >= 11 is 0. The van der Waals surface area contributed by atoms with Gasteiger partial charge in [0.2, 0.25) is 0 Å². The van der Waals surface area contributed by atoms with E-state index in [9.17, 15) is 0 Å². The van der Waals surface area contributed by atoms with Crippen LogP contribution >= 0.6 is 12.4 Å². The van der Waals surface area contributed by atoms with Crippen LogP contribution in [0.4, 0.5) is 11.5 Å². The van der Waals surface area contributed by atoms with Gasteiger partial charge < -0.3 is 14.8 Å². The van der Waals surface area contributed by atoms with Gasteiger partial charge in [0.15, 0.2) is 11.5 Å². The van der Waals surface area contributed by atoms with E-state index in [0.29, 0.717) is 11.5 Å². The minimum atomic E-state index is 0. The molecule has 114 valence electrons. The number of anilines is 2. The van der Waals surface area contributed by atoms with Crippen molar-refractivity contribution < 1.29 is 9.47 Å². The molecule has 0 bridgehead atoms. The van der Waals surface area contributed by atoms with Gasteiger partial charge in [-0.15, -0.1) is 12.4 Å². The molecular formula is C17H17ClN2O2. The van der Waals surface area contributed by atoms with Gasteiger partial charge >= 0.3 is 0 Å². The Bertz CT molecular complexity index is 763. The monoisotopic (exact) mass is 316 g/mol. The van der Waals surface area contributed by atoms with Gasteiger partial charge in [-0.25, -0.2) is 4.98 Å². The Hall–Kier alpha value is -2.46. The van der Waals surface area contributed by atoms with Crippen molar-refractivity contribution in [2.75, 3.05) is 19.5 Å². The summed E-state index contributed by atoms with van der Waals surface area (Å²) in [7, 11) is 3.26. The normalized spacial score (nSPS) is 9.91. The van der Waals surface area contributed by atoms with Gasteiger partial charge in [-0.2, -0.15) is 0 Å². The lowest BCUT2D eigenvalue weighted by Gasteiger charge is -2.12. The maximum atomic E-state index is 5.37. The molecule has 0 aliphatic carbocycles. The van der Waals surface area contributed by atoms with Crippen molar-refractivity contribution >= 4 is 34.7 Å². The first kappa shape index (κ1) is 15.9. The zero-order chi connectivity index (χ0) is 14.7. The van der Waals surface area contributed by atoms with Crippen LogP contribution in [0.2, 0.25) is 0 Å². The van der Waals surface area contributed by atoms with E-state index in [0.717, 1.165) is 22.3 Å². The summed E-state index contributed by atoms with van der Waals surface area (Å²) in [5.41, 5.74) is 0.993. The summed E-state index contributed by atoms with van der Waals surface area (Å²) in [4.78, 5) is 4.43. The number of fused-ring (bicyclic) bond motifs is 1. The van der Waals surface area contributed by atoms with Crippen LogP contribution in [0, 0.1) is 0 Å². The van der Waals surface area contributed by atoms with E-state index >= 15 is 0 Å². The molecule has 0 atom stereocenters. The maximum Gasteiger partial charge on any atom is 0.161 e. The molecule has 0 radical (unpaired) electrons. The number of para-hydroxylation sites is 1. The number of ether oxygens (including phenoxy) is 2. The second kappa shape index (κ2) is 7.00. The molecule has 5 heteroatoms. The van der Waals surface area contributed by atoms with Crippen molar-refractivity contribution in [1.29, 1.82) is 0 Å². The van der Waals surface area contributed by atoms with Crippen molar-refractivity contribution in [3.63, 3.8) is 0 Å². The van der Waals surface area contributed by atoms with Crippen molar-refractivity contribution in [3.05, 3.63) is 54.7 Å². The lowest BCUT2D eigenvalue weighted by molar-refractivity contribution is 0.356. The van der Waals surface area contributed by atoms with Gasteiger partial charge in [-0.1, -0.05) is 18.2 Å². The minimum Gasteiger partial charge on any atom is -0.493 e. The quantitative estimate of drug-likeness (QED) is 0.774. The summed E-state index contributed by atoms with van der Waals surface area (Å²) in [6.45, 7) is 0. The molecule has 0 fully saturated rings. The smallest absolute Gasteiger partial charge is 0.161 e. The van der Waals surface area contributed by atoms with E-state index in [1.807, 2.05) is 48.5 Å². The first-order valence-corrected chi connectivity index (χ1v) is 6.64. The molecule has 0 spiro atoms. The number of halogens is 1. The molecule has 0 saturated carbocycles. The predicted molar refractivity (Wildman–Crippen MR) is 91.8 cm³/mol. The first-order valence-electron chi connectivity index (χ1n) is 6.64. The third-order valence-corrected chi connectivity index (χ3v) is 3.31. The molecule has 0 unspecified atom stereocenters. The van der Waals surface area contributed by atoms with E-state index < -0.39 is 0 Å². The van der Waals surface area contributed by atoms with Crippen LogP contribution < -0.4 is 14.8 Å². The fraction of sp³-hybridized carbons (Fsp3) is 0.118. The molecule has 0 saturated heterocycles. The lowest BCUT2D eigenvalue weighted by atomic mass is 10.1. The summed E-state index contributed by atoms with van der Waals surface area (Å²) in [5.74, 6) is 2.19. The molecule has 2 aromatic carbocycles. The first-order chi connectivity index (χ1) is 10.3. The van der Waals surface area contributed by atoms with Gasteiger partial charge in [-0.05, 0) is 35.7 Å². The largest absolute Gasteiger partial charge is 0.493 e. The second-order valence-corrected chi connectivity index (χ2v) is 4.58. The average Bonchev–Trinajstić information content (AvgIpc) is 2.55. The van der Waals surface area contributed by atoms with Crippen molar-refractivity contribution in [2.24, 2.45) is 0 Å². The van der Waals surface area contributed by atoms with Crippen LogP contribution in [-0.4, -0.2) is 19.2 Å². The van der Waals surface area contributed by atoms with E-state index in [1.54, 1.807) is 20.4 Å². The zero-order valence-electron chi connectivity index (χ0n) is 12.4. The Kier molecular flexibility index (Phi) is 5.07. The second-order valence-electron chi connectivity index (χ2n) is 4.58. The highest BCUT2D eigenvalue weighted by atomic mass is 35.5. The highest BCUT2D eigenvalue weighted by Gasteiger charge is 2.09. The Morgan fingerprint density at radius 3 is 2.27 bits per heavy atom. The Labute approximate surface area is 135 Å². The molecule has 1 aromatic heterocycles. The molecule has 22 heavy (non-hydrogen) atoms. The number of pyridine rings is 1. The molecule has 3 rings (SSSR count). The Balaban J connectivity index is 0.00000176. The Morgan fingerprint density at radius 1 is 0.909 bits per heavy atom. The SMILES string of the molecule is COc1cc2ccnc(Nc3ccccc3)c2cc1OC.Cl. The van der Waals surface area contributed by atoms with Gasteiger partial charge in [0.1, 0.15) is 5.82 Å². The van der Waals surface area contributed by atoms with Crippen LogP contribution in [-0.2, 0) is 0 Å². The number of hydrogen-bond acceptors (Lipinski definition) is 4. The number of methoxy groups -OCH3 is 2. The lowest BCUT2D eigenvalue weighted by Crippen LogP contribution is -1.96. The van der Waals surface area contributed by atoms with E-state index in [2.05, 4.69) is 10.3 Å². The Morgan fingerprint density at radius 2 is 1.59 bits per heavy atom. The molecule has 0 aliphatic heterocycles. The molecular weight excluding hydrogens is 300 g/mol. The van der Waals surface area contributed by atoms with Gasteiger partial charge in [0.25, 0.3) is 0 Å². The van der Waals surface area contributed by atoms with Crippen LogP contribution in [0.3, 0.4) is 0 Å². The fourth-order valence-corrected chi connectivity index (χ4v) is 2.26. The predicted octanol–water partition coefficient (Wildman–Crippen LogP) is 4.42. The number of rotatable bonds is 4. The third-order valence-electron chi connectivity index (χ3n) is 3.31. The van der Waals surface area contributed by atoms with Crippen molar-refractivity contribution in [1.82, 2.24) is 4.98 Å². The number of aromatic nitrogens is 1. The third kappa shape index (κ3) is 3.07. The van der Waals surface area contributed by atoms with Crippen molar-refractivity contribution in [2.45, 2.75) is 0 Å². The van der Waals surface area contributed by atoms with Gasteiger partial charge in [0, 0.05) is 17.3 Å². The average molecular weight is 317 g/mol. The zero-order valence-corrected chi connectivity index (χ0v) is 13.2. The fourth-order valence-electron chi connectivity index (χ4n) is 2.26. The molecule has 0 amide bonds. The van der Waals surface area contributed by atoms with E-state index in [1.165, 1.54) is 0 Å². The van der Waals surface area contributed by atoms with Gasteiger partial charge in [0.05, 0.1) is 14.2 Å². The molecule has 1 heterocycles. The number of nitrogens with zero attached hydrogens (tertiary/aromatic N) is 1. The highest BCUT2D eigenvalue weighted by molar-refractivity contribution is 5.95. The van der Waals surface area contributed by atoms with E-state index in [4.69, 9.17) is 9.47 Å². The summed E-state index contributed by atoms with van der Waals surface area (Å²) in [6.07, 6.45) is 1.78. The topological polar surface area (TPSA) is 43.4 Å². The standard InChI is InChI=1S/C17H16N2O2.ClH/c1-20-15-10-12-8-9-18-17(14(12)11-16(15)21-2)19-13-6-4-3-5-7-13;/h3-11H,1-2H3,(H,18,19);1H. The highest BCUT2D eigenvalue weighted by Crippen LogP contribution is 2.35.